The van der Waals surface area contributed by atoms with Crippen molar-refractivity contribution in [3.8, 4) is 0 Å². The van der Waals surface area contributed by atoms with Gasteiger partial charge in [0.25, 0.3) is 0 Å². The summed E-state index contributed by atoms with van der Waals surface area (Å²) in [5, 5.41) is 0. The van der Waals surface area contributed by atoms with Gasteiger partial charge in [-0.2, -0.15) is 8.42 Å². The molecule has 0 aliphatic carbocycles. The summed E-state index contributed by atoms with van der Waals surface area (Å²) in [4.78, 5) is 0. The molecule has 0 aromatic carbocycles. The molecule has 0 aliphatic rings. The lowest BCUT2D eigenvalue weighted by atomic mass is 15.9. The van der Waals surface area contributed by atoms with E-state index >= 15 is 0 Å². The Labute approximate surface area is 41.7 Å². The molecule has 6 heavy (non-hydrogen) atoms. The fourth-order valence-electron chi connectivity index (χ4n) is 0. The van der Waals surface area contributed by atoms with Crippen molar-refractivity contribution in [2.75, 3.05) is 0 Å². The quantitative estimate of drug-likeness (QED) is 0.422. The van der Waals surface area contributed by atoms with Crippen molar-refractivity contribution < 1.29 is 13.0 Å². The van der Waals surface area contributed by atoms with Crippen LogP contribution >= 0.6 is 6.56 Å². The molecule has 0 aromatic rings. The van der Waals surface area contributed by atoms with Crippen LogP contribution in [-0.2, 0) is 21.5 Å². The van der Waals surface area contributed by atoms with Crippen LogP contribution in [0.15, 0.2) is 0 Å². The second-order valence-corrected chi connectivity index (χ2v) is 4.74. The smallest absolute Gasteiger partial charge is 0.278 e. The Morgan fingerprint density at radius 3 is 1.83 bits per heavy atom. The van der Waals surface area contributed by atoms with Crippen LogP contribution in [0.25, 0.3) is 0 Å². The Bertz CT molecular complexity index is 119. The minimum Gasteiger partial charge on any atom is -0.278 e. The highest BCUT2D eigenvalue weighted by Gasteiger charge is 1.91. The van der Waals surface area contributed by atoms with Crippen molar-refractivity contribution in [3.63, 3.8) is 0 Å². The fraction of sp³-hybridized carbons (Fsp3) is 0. The number of hydrogen-bond acceptors (Lipinski definition) is 3. The monoisotopic (exact) mass is 144 g/mol. The van der Waals surface area contributed by atoms with Crippen LogP contribution in [0.2, 0.25) is 0 Å². The van der Waals surface area contributed by atoms with Crippen LogP contribution in [0.4, 0.5) is 0 Å². The van der Waals surface area contributed by atoms with Gasteiger partial charge in [-0.25, -0.2) is 0 Å². The minimum atomic E-state index is -3.87. The van der Waals surface area contributed by atoms with Gasteiger partial charge in [0.15, 0.2) is 0 Å². The van der Waals surface area contributed by atoms with Gasteiger partial charge in [0, 0.05) is 0 Å². The van der Waals surface area contributed by atoms with Crippen LogP contribution in [-0.4, -0.2) is 13.0 Å². The van der Waals surface area contributed by atoms with E-state index in [1.54, 1.807) is 0 Å². The normalized spacial score (nSPS) is 12.2. The first-order chi connectivity index (χ1) is 2.56. The molecule has 0 spiro atoms. The molecule has 0 fully saturated rings. The van der Waals surface area contributed by atoms with Gasteiger partial charge in [-0.05, 0) is 11.8 Å². The summed E-state index contributed by atoms with van der Waals surface area (Å²) in [6, 6.07) is 0. The molecule has 36 valence electrons. The van der Waals surface area contributed by atoms with Crippen LogP contribution in [0.1, 0.15) is 0 Å². The van der Waals surface area contributed by atoms with Crippen molar-refractivity contribution in [2.24, 2.45) is 0 Å². The topological polar surface area (TPSA) is 54.4 Å². The molecule has 0 bridgehead atoms. The lowest BCUT2D eigenvalue weighted by Gasteiger charge is -1.70. The summed E-state index contributed by atoms with van der Waals surface area (Å²) in [6.07, 6.45) is 0. The summed E-state index contributed by atoms with van der Waals surface area (Å²) in [5.41, 5.74) is 0. The van der Waals surface area contributed by atoms with E-state index in [-0.39, 0.29) is 0 Å². The van der Waals surface area contributed by atoms with Crippen molar-refractivity contribution in [1.82, 2.24) is 0 Å². The molecule has 3 nitrogen and oxygen atoms in total. The standard InChI is InChI=1S/HO3PS2/c1-6(2,3)4-5/h(H,1,2,3). The molecule has 0 heterocycles. The SMILES string of the molecule is O=S(=O)(O)P=S. The molecule has 0 aromatic heterocycles. The zero-order valence-corrected chi connectivity index (χ0v) is 5.05. The van der Waals surface area contributed by atoms with Gasteiger partial charge in [-0.3, -0.25) is 4.55 Å². The van der Waals surface area contributed by atoms with E-state index in [9.17, 15) is 8.42 Å². The van der Waals surface area contributed by atoms with Crippen molar-refractivity contribution in [3.05, 3.63) is 0 Å². The predicted octanol–water partition coefficient (Wildman–Crippen LogP) is 0.197. The van der Waals surface area contributed by atoms with E-state index in [1.807, 2.05) is 0 Å². The molecule has 0 unspecified atom stereocenters. The van der Waals surface area contributed by atoms with E-state index in [2.05, 4.69) is 11.8 Å². The summed E-state index contributed by atoms with van der Waals surface area (Å²) in [6.45, 7) is -0.414. The highest BCUT2D eigenvalue weighted by Crippen LogP contribution is 2.00. The molecule has 0 saturated heterocycles. The molecule has 0 radical (unpaired) electrons. The highest BCUT2D eigenvalue weighted by atomic mass is 32.9. The van der Waals surface area contributed by atoms with E-state index in [4.69, 9.17) is 4.55 Å². The first kappa shape index (κ1) is 6.43. The van der Waals surface area contributed by atoms with Gasteiger partial charge in [0.1, 0.15) is 6.56 Å². The zero-order chi connectivity index (χ0) is 5.21. The molecule has 0 rings (SSSR count). The summed E-state index contributed by atoms with van der Waals surface area (Å²) < 4.78 is 26.6. The first-order valence-electron chi connectivity index (χ1n) is 0.881. The van der Waals surface area contributed by atoms with Gasteiger partial charge in [0.05, 0.1) is 0 Å². The Hall–Kier alpha value is 0.430. The fourth-order valence-corrected chi connectivity index (χ4v) is 0. The maximum absolute atomic E-state index is 9.44. The molecule has 0 amide bonds. The van der Waals surface area contributed by atoms with E-state index in [1.165, 1.54) is 0 Å². The van der Waals surface area contributed by atoms with Crippen LogP contribution in [0.5, 0.6) is 0 Å². The third kappa shape index (κ3) is 4.43. The lowest BCUT2D eigenvalue weighted by Crippen LogP contribution is -1.78. The molecule has 6 heteroatoms. The van der Waals surface area contributed by atoms with Crippen molar-refractivity contribution >= 4 is 28.1 Å². The maximum atomic E-state index is 9.44. The molecule has 0 saturated carbocycles. The van der Waals surface area contributed by atoms with E-state index in [0.717, 1.165) is 0 Å². The van der Waals surface area contributed by atoms with Crippen molar-refractivity contribution in [2.45, 2.75) is 0 Å². The Morgan fingerprint density at radius 2 is 1.83 bits per heavy atom. The summed E-state index contributed by atoms with van der Waals surface area (Å²) >= 11 is 3.92. The zero-order valence-electron chi connectivity index (χ0n) is 2.53. The second kappa shape index (κ2) is 1.93. The Balaban J connectivity index is 4.25. The van der Waals surface area contributed by atoms with Gasteiger partial charge in [-0.15, -0.1) is 0 Å². The van der Waals surface area contributed by atoms with Crippen LogP contribution < -0.4 is 0 Å². The second-order valence-electron chi connectivity index (χ2n) is 0.522. The average molecular weight is 144 g/mol. The summed E-state index contributed by atoms with van der Waals surface area (Å²) in [5.74, 6) is 0. The lowest BCUT2D eigenvalue weighted by molar-refractivity contribution is 0.503. The molecular weight excluding hydrogens is 143 g/mol. The third-order valence-corrected chi connectivity index (χ3v) is 2.54. The number of rotatable bonds is 1. The average Bonchev–Trinajstić information content (AvgIpc) is 1.35. The largest absolute Gasteiger partial charge is 0.319 e. The highest BCUT2D eigenvalue weighted by molar-refractivity contribution is 8.50. The van der Waals surface area contributed by atoms with E-state index < -0.39 is 16.3 Å². The number of hydrogen-bond donors (Lipinski definition) is 1. The molecule has 0 atom stereocenters. The predicted molar refractivity (Wildman–Crippen MR) is 25.8 cm³/mol. The van der Waals surface area contributed by atoms with Gasteiger partial charge >= 0.3 is 9.74 Å². The Morgan fingerprint density at radius 1 is 1.67 bits per heavy atom. The van der Waals surface area contributed by atoms with E-state index in [0.29, 0.717) is 0 Å². The maximum Gasteiger partial charge on any atom is 0.319 e. The Kier molecular flexibility index (Phi) is 2.07. The van der Waals surface area contributed by atoms with Gasteiger partial charge in [-0.1, -0.05) is 0 Å². The summed E-state index contributed by atoms with van der Waals surface area (Å²) in [7, 11) is -3.87. The van der Waals surface area contributed by atoms with Crippen molar-refractivity contribution in [1.29, 1.82) is 0 Å². The molecular formula is HO3PS2. The van der Waals surface area contributed by atoms with Crippen LogP contribution in [0, 0.1) is 0 Å². The molecule has 1 N–H and O–H groups in total. The van der Waals surface area contributed by atoms with Crippen LogP contribution in [0.3, 0.4) is 0 Å². The molecule has 0 aliphatic heterocycles. The first-order valence-corrected chi connectivity index (χ1v) is 4.83. The third-order valence-electron chi connectivity index (χ3n) is 0.0942. The van der Waals surface area contributed by atoms with Gasteiger partial charge < -0.3 is 0 Å². The minimum absolute atomic E-state index is 0.414. The van der Waals surface area contributed by atoms with Gasteiger partial charge in [0.2, 0.25) is 0 Å².